The van der Waals surface area contributed by atoms with Crippen LogP contribution in [0.25, 0.3) is 0 Å². The molecule has 2 nitrogen and oxygen atoms in total. The summed E-state index contributed by atoms with van der Waals surface area (Å²) >= 11 is 0. The maximum Gasteiger partial charge on any atom is 0.120 e. The van der Waals surface area contributed by atoms with Crippen molar-refractivity contribution in [3.63, 3.8) is 0 Å². The monoisotopic (exact) mass is 315 g/mol. The summed E-state index contributed by atoms with van der Waals surface area (Å²) in [6.45, 7) is 4.77. The quantitative estimate of drug-likeness (QED) is 0.559. The average Bonchev–Trinajstić information content (AvgIpc) is 2.62. The molecule has 3 rings (SSSR count). The van der Waals surface area contributed by atoms with Gasteiger partial charge in [0, 0.05) is 6.21 Å². The third kappa shape index (κ3) is 4.11. The van der Waals surface area contributed by atoms with Crippen LogP contribution in [0.4, 0.5) is 5.69 Å². The zero-order chi connectivity index (χ0) is 16.8. The third-order valence-electron chi connectivity index (χ3n) is 4.04. The molecule has 0 heterocycles. The van der Waals surface area contributed by atoms with Crippen LogP contribution in [-0.2, 0) is 6.61 Å². The number of nitrogens with zero attached hydrogens (tertiary/aromatic N) is 1. The third-order valence-corrected chi connectivity index (χ3v) is 4.04. The van der Waals surface area contributed by atoms with Crippen LogP contribution in [0, 0.1) is 13.8 Å². The fourth-order valence-electron chi connectivity index (χ4n) is 2.45. The number of aryl methyl sites for hydroxylation is 1. The molecule has 0 aliphatic rings. The van der Waals surface area contributed by atoms with E-state index in [1.807, 2.05) is 60.8 Å². The Bertz CT molecular complexity index is 838. The Hall–Kier alpha value is -2.87. The van der Waals surface area contributed by atoms with E-state index in [4.69, 9.17) is 4.74 Å². The van der Waals surface area contributed by atoms with Gasteiger partial charge in [0.25, 0.3) is 0 Å². The molecule has 0 spiro atoms. The van der Waals surface area contributed by atoms with Gasteiger partial charge in [-0.15, -0.1) is 0 Å². The van der Waals surface area contributed by atoms with Crippen molar-refractivity contribution in [1.29, 1.82) is 0 Å². The van der Waals surface area contributed by atoms with Gasteiger partial charge < -0.3 is 4.74 Å². The summed E-state index contributed by atoms with van der Waals surface area (Å²) in [5.74, 6) is 0.851. The first-order valence-electron chi connectivity index (χ1n) is 8.09. The predicted molar refractivity (Wildman–Crippen MR) is 100 cm³/mol. The van der Waals surface area contributed by atoms with Gasteiger partial charge in [-0.2, -0.15) is 0 Å². The number of benzene rings is 3. The minimum Gasteiger partial charge on any atom is -0.489 e. The Balaban J connectivity index is 1.71. The van der Waals surface area contributed by atoms with Gasteiger partial charge >= 0.3 is 0 Å². The lowest BCUT2D eigenvalue weighted by molar-refractivity contribution is 0.306. The Morgan fingerprint density at radius 1 is 0.875 bits per heavy atom. The van der Waals surface area contributed by atoms with Gasteiger partial charge in [0.05, 0.1) is 5.69 Å². The first kappa shape index (κ1) is 16.0. The summed E-state index contributed by atoms with van der Waals surface area (Å²) in [6, 6.07) is 24.4. The van der Waals surface area contributed by atoms with Gasteiger partial charge in [-0.25, -0.2) is 0 Å². The molecule has 0 aromatic heterocycles. The van der Waals surface area contributed by atoms with Crippen LogP contribution in [0.1, 0.15) is 22.3 Å². The highest BCUT2D eigenvalue weighted by atomic mass is 16.5. The Labute approximate surface area is 143 Å². The van der Waals surface area contributed by atoms with E-state index in [0.29, 0.717) is 6.61 Å². The van der Waals surface area contributed by atoms with Crippen molar-refractivity contribution >= 4 is 11.9 Å². The van der Waals surface area contributed by atoms with Crippen LogP contribution >= 0.6 is 0 Å². The molecule has 0 saturated heterocycles. The lowest BCUT2D eigenvalue weighted by Gasteiger charge is -2.07. The van der Waals surface area contributed by atoms with E-state index in [0.717, 1.165) is 22.6 Å². The molecule has 0 bridgehead atoms. The second kappa shape index (κ2) is 7.60. The maximum absolute atomic E-state index is 5.87. The smallest absolute Gasteiger partial charge is 0.120 e. The standard InChI is InChI=1S/C22H21NO/c1-17-8-6-13-22(18(17)2)23-15-20-11-7-12-21(14-20)24-16-19-9-4-3-5-10-19/h3-15H,16H2,1-2H3. The molecular weight excluding hydrogens is 294 g/mol. The lowest BCUT2D eigenvalue weighted by atomic mass is 10.1. The van der Waals surface area contributed by atoms with E-state index in [-0.39, 0.29) is 0 Å². The number of hydrogen-bond donors (Lipinski definition) is 0. The molecule has 0 N–H and O–H groups in total. The van der Waals surface area contributed by atoms with E-state index in [1.54, 1.807) is 0 Å². The molecule has 0 amide bonds. The normalized spacial score (nSPS) is 10.9. The number of ether oxygens (including phenoxy) is 1. The van der Waals surface area contributed by atoms with Gasteiger partial charge in [0.1, 0.15) is 12.4 Å². The molecule has 120 valence electrons. The number of aliphatic imine (C=N–C) groups is 1. The van der Waals surface area contributed by atoms with Crippen molar-refractivity contribution in [1.82, 2.24) is 0 Å². The molecule has 0 unspecified atom stereocenters. The summed E-state index contributed by atoms with van der Waals surface area (Å²) in [5.41, 5.74) is 5.66. The Morgan fingerprint density at radius 3 is 2.50 bits per heavy atom. The summed E-state index contributed by atoms with van der Waals surface area (Å²) < 4.78 is 5.87. The summed E-state index contributed by atoms with van der Waals surface area (Å²) in [5, 5.41) is 0. The van der Waals surface area contributed by atoms with Crippen molar-refractivity contribution in [2.24, 2.45) is 4.99 Å². The zero-order valence-electron chi connectivity index (χ0n) is 14.1. The van der Waals surface area contributed by atoms with E-state index < -0.39 is 0 Å². The molecule has 0 radical (unpaired) electrons. The molecule has 0 aliphatic carbocycles. The van der Waals surface area contributed by atoms with Crippen molar-refractivity contribution in [2.75, 3.05) is 0 Å². The second-order valence-corrected chi connectivity index (χ2v) is 5.82. The molecule has 3 aromatic carbocycles. The molecule has 0 saturated carbocycles. The first-order chi connectivity index (χ1) is 11.7. The Kier molecular flexibility index (Phi) is 5.07. The average molecular weight is 315 g/mol. The zero-order valence-corrected chi connectivity index (χ0v) is 14.1. The molecular formula is C22H21NO. The van der Waals surface area contributed by atoms with E-state index in [9.17, 15) is 0 Å². The van der Waals surface area contributed by atoms with Crippen molar-refractivity contribution in [3.05, 3.63) is 95.1 Å². The minimum absolute atomic E-state index is 0.568. The molecule has 2 heteroatoms. The van der Waals surface area contributed by atoms with Crippen molar-refractivity contribution in [2.45, 2.75) is 20.5 Å². The van der Waals surface area contributed by atoms with E-state index in [1.165, 1.54) is 11.1 Å². The summed E-state index contributed by atoms with van der Waals surface area (Å²) in [4.78, 5) is 4.62. The van der Waals surface area contributed by atoms with Gasteiger partial charge in [0.2, 0.25) is 0 Å². The largest absolute Gasteiger partial charge is 0.489 e. The van der Waals surface area contributed by atoms with Crippen LogP contribution in [0.15, 0.2) is 77.8 Å². The van der Waals surface area contributed by atoms with Crippen LogP contribution in [0.2, 0.25) is 0 Å². The maximum atomic E-state index is 5.87. The van der Waals surface area contributed by atoms with Gasteiger partial charge in [-0.1, -0.05) is 54.6 Å². The molecule has 3 aromatic rings. The highest BCUT2D eigenvalue weighted by Gasteiger charge is 1.99. The molecule has 0 aliphatic heterocycles. The van der Waals surface area contributed by atoms with Gasteiger partial charge in [-0.3, -0.25) is 4.99 Å². The van der Waals surface area contributed by atoms with Crippen LogP contribution in [0.5, 0.6) is 5.75 Å². The van der Waals surface area contributed by atoms with Crippen LogP contribution in [0.3, 0.4) is 0 Å². The van der Waals surface area contributed by atoms with Gasteiger partial charge in [-0.05, 0) is 54.3 Å². The summed E-state index contributed by atoms with van der Waals surface area (Å²) in [7, 11) is 0. The fraction of sp³-hybridized carbons (Fsp3) is 0.136. The minimum atomic E-state index is 0.568. The van der Waals surface area contributed by atoms with Crippen molar-refractivity contribution < 1.29 is 4.74 Å². The number of hydrogen-bond acceptors (Lipinski definition) is 2. The highest BCUT2D eigenvalue weighted by molar-refractivity contribution is 5.83. The highest BCUT2D eigenvalue weighted by Crippen LogP contribution is 2.21. The van der Waals surface area contributed by atoms with Crippen LogP contribution in [-0.4, -0.2) is 6.21 Å². The second-order valence-electron chi connectivity index (χ2n) is 5.82. The predicted octanol–water partition coefficient (Wildman–Crippen LogP) is 5.63. The topological polar surface area (TPSA) is 21.6 Å². The van der Waals surface area contributed by atoms with E-state index in [2.05, 4.69) is 37.0 Å². The molecule has 24 heavy (non-hydrogen) atoms. The van der Waals surface area contributed by atoms with Crippen LogP contribution < -0.4 is 4.74 Å². The molecule has 0 fully saturated rings. The summed E-state index contributed by atoms with van der Waals surface area (Å²) in [6.07, 6.45) is 1.89. The fourth-order valence-corrected chi connectivity index (χ4v) is 2.45. The Morgan fingerprint density at radius 2 is 1.67 bits per heavy atom. The van der Waals surface area contributed by atoms with Crippen molar-refractivity contribution in [3.8, 4) is 5.75 Å². The molecule has 0 atom stereocenters. The lowest BCUT2D eigenvalue weighted by Crippen LogP contribution is -1.95. The SMILES string of the molecule is Cc1cccc(N=Cc2cccc(OCc3ccccc3)c2)c1C. The number of rotatable bonds is 5. The first-order valence-corrected chi connectivity index (χ1v) is 8.09. The van der Waals surface area contributed by atoms with E-state index >= 15 is 0 Å². The van der Waals surface area contributed by atoms with Gasteiger partial charge in [0.15, 0.2) is 0 Å².